The summed E-state index contributed by atoms with van der Waals surface area (Å²) in [6.45, 7) is 6.17. The van der Waals surface area contributed by atoms with Crippen LogP contribution < -0.4 is 9.62 Å². The molecule has 0 aliphatic carbocycles. The van der Waals surface area contributed by atoms with Crippen molar-refractivity contribution in [2.45, 2.75) is 25.2 Å². The van der Waals surface area contributed by atoms with Crippen LogP contribution in [0.15, 0.2) is 35.2 Å². The Hall–Kier alpha value is -2.59. The Balaban J connectivity index is 1.48. The molecule has 10 heteroatoms. The number of amides is 1. The van der Waals surface area contributed by atoms with Crippen molar-refractivity contribution in [3.63, 3.8) is 0 Å². The van der Waals surface area contributed by atoms with Gasteiger partial charge in [0.15, 0.2) is 0 Å². The van der Waals surface area contributed by atoms with Gasteiger partial charge in [-0.3, -0.25) is 4.79 Å². The molecule has 29 heavy (non-hydrogen) atoms. The molecule has 0 spiro atoms. The zero-order chi connectivity index (χ0) is 21.0. The third-order valence-electron chi connectivity index (χ3n) is 4.66. The van der Waals surface area contributed by atoms with Crippen molar-refractivity contribution in [2.24, 2.45) is 0 Å². The largest absolute Gasteiger partial charge is 0.353 e. The molecule has 1 fully saturated rings. The van der Waals surface area contributed by atoms with Crippen molar-refractivity contribution in [2.75, 3.05) is 37.6 Å². The van der Waals surface area contributed by atoms with Crippen LogP contribution in [0.3, 0.4) is 0 Å². The molecule has 156 valence electrons. The predicted molar refractivity (Wildman–Crippen MR) is 107 cm³/mol. The van der Waals surface area contributed by atoms with E-state index in [2.05, 4.69) is 19.6 Å². The Kier molecular flexibility index (Phi) is 6.43. The summed E-state index contributed by atoms with van der Waals surface area (Å²) in [7, 11) is -3.77. The van der Waals surface area contributed by atoms with E-state index < -0.39 is 15.8 Å². The fourth-order valence-electron chi connectivity index (χ4n) is 3.19. The minimum atomic E-state index is -3.77. The second kappa shape index (κ2) is 8.83. The number of anilines is 1. The van der Waals surface area contributed by atoms with Gasteiger partial charge in [-0.1, -0.05) is 0 Å². The summed E-state index contributed by atoms with van der Waals surface area (Å²) in [5, 5.41) is 0. The smallest absolute Gasteiger partial charge is 0.240 e. The summed E-state index contributed by atoms with van der Waals surface area (Å²) in [5.41, 5.74) is 0.902. The number of piperazine rings is 1. The molecular weight excluding hydrogens is 397 g/mol. The van der Waals surface area contributed by atoms with Crippen LogP contribution >= 0.6 is 0 Å². The predicted octanol–water partition coefficient (Wildman–Crippen LogP) is 1.25. The molecule has 0 bridgehead atoms. The number of carbonyl (C=O) groups excluding carboxylic acids is 1. The number of rotatable bonds is 6. The van der Waals surface area contributed by atoms with Gasteiger partial charge in [0.05, 0.1) is 4.90 Å². The highest BCUT2D eigenvalue weighted by Gasteiger charge is 2.23. The minimum Gasteiger partial charge on any atom is -0.353 e. The van der Waals surface area contributed by atoms with E-state index >= 15 is 0 Å². The first kappa shape index (κ1) is 21.1. The zero-order valence-electron chi connectivity index (χ0n) is 16.4. The van der Waals surface area contributed by atoms with Gasteiger partial charge in [-0.25, -0.2) is 27.5 Å². The first-order valence-corrected chi connectivity index (χ1v) is 10.8. The summed E-state index contributed by atoms with van der Waals surface area (Å²) in [5.74, 6) is 0.952. The summed E-state index contributed by atoms with van der Waals surface area (Å²) >= 11 is 0. The second-order valence-electron chi connectivity index (χ2n) is 6.88. The molecule has 2 aromatic rings. The summed E-state index contributed by atoms with van der Waals surface area (Å²) in [6, 6.07) is 6.47. The topological polar surface area (TPSA) is 95.5 Å². The van der Waals surface area contributed by atoms with Crippen LogP contribution in [-0.4, -0.2) is 61.9 Å². The molecule has 0 atom stereocenters. The van der Waals surface area contributed by atoms with Crippen LogP contribution in [0.25, 0.3) is 0 Å². The standard InChI is InChI=1S/C19H24FN5O3S/c1-14-13-18(23-15(2)22-14)24-9-11-25(12-10-24)19(26)7-8-21-29(27,28)17-5-3-16(20)4-6-17/h3-6,13,21H,7-12H2,1-2H3. The maximum Gasteiger partial charge on any atom is 0.240 e. The van der Waals surface area contributed by atoms with E-state index in [1.807, 2.05) is 19.9 Å². The number of carbonyl (C=O) groups is 1. The number of nitrogens with zero attached hydrogens (tertiary/aromatic N) is 4. The van der Waals surface area contributed by atoms with Gasteiger partial charge >= 0.3 is 0 Å². The third kappa shape index (κ3) is 5.48. The molecule has 1 aliphatic rings. The number of aryl methyl sites for hydroxylation is 2. The quantitative estimate of drug-likeness (QED) is 0.754. The van der Waals surface area contributed by atoms with Gasteiger partial charge in [-0.15, -0.1) is 0 Å². The van der Waals surface area contributed by atoms with Crippen molar-refractivity contribution < 1.29 is 17.6 Å². The molecule has 1 aromatic heterocycles. The number of hydrogen-bond donors (Lipinski definition) is 1. The molecule has 0 radical (unpaired) electrons. The SMILES string of the molecule is Cc1cc(N2CCN(C(=O)CCNS(=O)(=O)c3ccc(F)cc3)CC2)nc(C)n1. The van der Waals surface area contributed by atoms with Crippen molar-refractivity contribution in [1.29, 1.82) is 0 Å². The van der Waals surface area contributed by atoms with E-state index in [0.717, 1.165) is 23.6 Å². The summed E-state index contributed by atoms with van der Waals surface area (Å²) in [6.07, 6.45) is 0.0617. The van der Waals surface area contributed by atoms with Gasteiger partial charge in [-0.05, 0) is 38.1 Å². The van der Waals surface area contributed by atoms with Gasteiger partial charge in [0.25, 0.3) is 0 Å². The third-order valence-corrected chi connectivity index (χ3v) is 6.14. The zero-order valence-corrected chi connectivity index (χ0v) is 17.2. The Morgan fingerprint density at radius 3 is 2.38 bits per heavy atom. The monoisotopic (exact) mass is 421 g/mol. The molecule has 1 saturated heterocycles. The van der Waals surface area contributed by atoms with Crippen LogP contribution in [0.4, 0.5) is 10.2 Å². The van der Waals surface area contributed by atoms with Gasteiger partial charge in [-0.2, -0.15) is 0 Å². The molecule has 2 heterocycles. The van der Waals surface area contributed by atoms with Crippen molar-refractivity contribution >= 4 is 21.7 Å². The molecule has 8 nitrogen and oxygen atoms in total. The highest BCUT2D eigenvalue weighted by Crippen LogP contribution is 2.15. The highest BCUT2D eigenvalue weighted by atomic mass is 32.2. The average Bonchev–Trinajstić information content (AvgIpc) is 2.67. The lowest BCUT2D eigenvalue weighted by atomic mass is 10.2. The minimum absolute atomic E-state index is 0.0109. The highest BCUT2D eigenvalue weighted by molar-refractivity contribution is 7.89. The number of benzene rings is 1. The van der Waals surface area contributed by atoms with E-state index in [4.69, 9.17) is 0 Å². The molecule has 1 amide bonds. The van der Waals surface area contributed by atoms with Crippen LogP contribution in [0.5, 0.6) is 0 Å². The molecule has 1 aromatic carbocycles. The molecular formula is C19H24FN5O3S. The Morgan fingerprint density at radius 2 is 1.76 bits per heavy atom. The molecule has 3 rings (SSSR count). The van der Waals surface area contributed by atoms with Crippen LogP contribution in [-0.2, 0) is 14.8 Å². The van der Waals surface area contributed by atoms with Crippen molar-refractivity contribution in [1.82, 2.24) is 19.6 Å². The van der Waals surface area contributed by atoms with E-state index in [0.29, 0.717) is 32.0 Å². The fraction of sp³-hybridized carbons (Fsp3) is 0.421. The molecule has 0 unspecified atom stereocenters. The van der Waals surface area contributed by atoms with Gasteiger partial charge in [0.2, 0.25) is 15.9 Å². The van der Waals surface area contributed by atoms with Crippen molar-refractivity contribution in [3.8, 4) is 0 Å². The van der Waals surface area contributed by atoms with E-state index in [1.165, 1.54) is 12.1 Å². The maximum atomic E-state index is 12.9. The lowest BCUT2D eigenvalue weighted by Gasteiger charge is -2.35. The van der Waals surface area contributed by atoms with Crippen LogP contribution in [0.2, 0.25) is 0 Å². The van der Waals surface area contributed by atoms with Gasteiger partial charge in [0.1, 0.15) is 17.5 Å². The number of aromatic nitrogens is 2. The lowest BCUT2D eigenvalue weighted by Crippen LogP contribution is -2.49. The number of hydrogen-bond acceptors (Lipinski definition) is 6. The average molecular weight is 421 g/mol. The maximum absolute atomic E-state index is 12.9. The number of nitrogens with one attached hydrogen (secondary N) is 1. The Bertz CT molecular complexity index is 954. The van der Waals surface area contributed by atoms with E-state index in [1.54, 1.807) is 4.90 Å². The molecule has 1 N–H and O–H groups in total. The number of sulfonamides is 1. The Morgan fingerprint density at radius 1 is 1.10 bits per heavy atom. The van der Waals surface area contributed by atoms with Crippen LogP contribution in [0.1, 0.15) is 17.9 Å². The summed E-state index contributed by atoms with van der Waals surface area (Å²) < 4.78 is 39.7. The van der Waals surface area contributed by atoms with Crippen molar-refractivity contribution in [3.05, 3.63) is 47.7 Å². The van der Waals surface area contributed by atoms with E-state index in [-0.39, 0.29) is 23.8 Å². The first-order chi connectivity index (χ1) is 13.7. The Labute approximate surface area is 169 Å². The summed E-state index contributed by atoms with van der Waals surface area (Å²) in [4.78, 5) is 24.9. The first-order valence-electron chi connectivity index (χ1n) is 9.35. The van der Waals surface area contributed by atoms with E-state index in [9.17, 15) is 17.6 Å². The van der Waals surface area contributed by atoms with Gasteiger partial charge < -0.3 is 9.80 Å². The second-order valence-corrected chi connectivity index (χ2v) is 8.65. The normalized spacial score (nSPS) is 14.9. The molecule has 1 aliphatic heterocycles. The molecule has 0 saturated carbocycles. The van der Waals surface area contributed by atoms with Gasteiger partial charge in [0, 0.05) is 50.9 Å². The lowest BCUT2D eigenvalue weighted by molar-refractivity contribution is -0.131. The van der Waals surface area contributed by atoms with Crippen LogP contribution in [0, 0.1) is 19.7 Å². The number of halogens is 1. The fourth-order valence-corrected chi connectivity index (χ4v) is 4.22.